The first kappa shape index (κ1) is 18.6. The summed E-state index contributed by atoms with van der Waals surface area (Å²) in [4.78, 5) is 22.6. The third kappa shape index (κ3) is 3.18. The second-order valence-corrected chi connectivity index (χ2v) is 7.98. The van der Waals surface area contributed by atoms with E-state index in [2.05, 4.69) is 37.0 Å². The topological polar surface area (TPSA) is 54.3 Å². The number of hydrogen-bond donors (Lipinski definition) is 0. The quantitative estimate of drug-likeness (QED) is 0.704. The van der Waals surface area contributed by atoms with Crippen molar-refractivity contribution in [1.29, 1.82) is 0 Å². The smallest absolute Gasteiger partial charge is 0.254 e. The molecular weight excluding hydrogens is 350 g/mol. The van der Waals surface area contributed by atoms with E-state index in [9.17, 15) is 4.79 Å². The second-order valence-electron chi connectivity index (χ2n) is 7.98. The van der Waals surface area contributed by atoms with E-state index < -0.39 is 0 Å². The van der Waals surface area contributed by atoms with Crippen molar-refractivity contribution < 1.29 is 4.79 Å². The Hall–Kier alpha value is -2.73. The third-order valence-corrected chi connectivity index (χ3v) is 5.97. The molecule has 1 saturated heterocycles. The molecule has 1 aromatic carbocycles. The molecule has 0 bridgehead atoms. The second kappa shape index (κ2) is 7.02. The first-order valence-corrected chi connectivity index (χ1v) is 9.71. The van der Waals surface area contributed by atoms with Gasteiger partial charge in [0.2, 0.25) is 0 Å². The minimum absolute atomic E-state index is 0.0566. The van der Waals surface area contributed by atoms with Crippen molar-refractivity contribution in [2.75, 3.05) is 27.2 Å². The maximum atomic E-state index is 13.5. The van der Waals surface area contributed by atoms with Gasteiger partial charge in [-0.3, -0.25) is 9.48 Å². The van der Waals surface area contributed by atoms with Gasteiger partial charge in [-0.05, 0) is 51.1 Å². The van der Waals surface area contributed by atoms with E-state index in [0.29, 0.717) is 5.56 Å². The zero-order valence-corrected chi connectivity index (χ0v) is 17.2. The molecule has 6 heteroatoms. The number of nitrogens with zero attached hydrogens (tertiary/aromatic N) is 5. The number of aromatic nitrogens is 3. The van der Waals surface area contributed by atoms with E-state index in [4.69, 9.17) is 4.98 Å². The first-order chi connectivity index (χ1) is 13.3. The number of aryl methyl sites for hydroxylation is 3. The summed E-state index contributed by atoms with van der Waals surface area (Å²) in [7, 11) is 5.91. The van der Waals surface area contributed by atoms with Crippen LogP contribution in [0.15, 0.2) is 30.6 Å². The van der Waals surface area contributed by atoms with Crippen LogP contribution in [0, 0.1) is 13.8 Å². The molecule has 1 amide bonds. The van der Waals surface area contributed by atoms with Crippen LogP contribution in [-0.4, -0.2) is 63.7 Å². The molecule has 4 rings (SSSR count). The summed E-state index contributed by atoms with van der Waals surface area (Å²) in [6.45, 7) is 6.09. The Bertz CT molecular complexity index is 1050. The number of pyridine rings is 1. The van der Waals surface area contributed by atoms with E-state index in [1.807, 2.05) is 37.3 Å². The molecule has 1 fully saturated rings. The maximum Gasteiger partial charge on any atom is 0.254 e. The SMILES string of the molecule is Cc1ccc2c(C(=O)N(C)[C@@H]3CCN(C)C3)cc(-c3cnn(C)c3)nc2c1C. The van der Waals surface area contributed by atoms with Crippen LogP contribution in [0.25, 0.3) is 22.2 Å². The number of hydrogen-bond acceptors (Lipinski definition) is 4. The maximum absolute atomic E-state index is 13.5. The molecule has 1 atom stereocenters. The standard InChI is InChI=1S/C22H27N5O/c1-14-6-7-18-19(22(28)27(5)17-8-9-25(3)13-17)10-20(24-21(18)15(14)2)16-11-23-26(4)12-16/h6-7,10-12,17H,8-9,13H2,1-5H3/t17-/m1/s1. The molecule has 0 unspecified atom stereocenters. The largest absolute Gasteiger partial charge is 0.337 e. The molecule has 3 heterocycles. The van der Waals surface area contributed by atoms with Gasteiger partial charge in [0.1, 0.15) is 0 Å². The van der Waals surface area contributed by atoms with Crippen molar-refractivity contribution in [1.82, 2.24) is 24.6 Å². The molecule has 146 valence electrons. The van der Waals surface area contributed by atoms with Gasteiger partial charge in [-0.25, -0.2) is 4.98 Å². The Kier molecular flexibility index (Phi) is 4.67. The molecule has 28 heavy (non-hydrogen) atoms. The van der Waals surface area contributed by atoms with Crippen molar-refractivity contribution in [3.8, 4) is 11.3 Å². The van der Waals surface area contributed by atoms with Gasteiger partial charge >= 0.3 is 0 Å². The first-order valence-electron chi connectivity index (χ1n) is 9.71. The van der Waals surface area contributed by atoms with Gasteiger partial charge in [0.25, 0.3) is 5.91 Å². The van der Waals surface area contributed by atoms with Crippen LogP contribution in [0.2, 0.25) is 0 Å². The van der Waals surface area contributed by atoms with E-state index in [1.54, 1.807) is 10.9 Å². The van der Waals surface area contributed by atoms with Gasteiger partial charge in [0, 0.05) is 43.8 Å². The fourth-order valence-electron chi connectivity index (χ4n) is 3.99. The molecule has 3 aromatic rings. The summed E-state index contributed by atoms with van der Waals surface area (Å²) < 4.78 is 1.76. The van der Waals surface area contributed by atoms with E-state index in [0.717, 1.165) is 47.2 Å². The summed E-state index contributed by atoms with van der Waals surface area (Å²) in [5, 5.41) is 5.19. The number of carbonyl (C=O) groups is 1. The lowest BCUT2D eigenvalue weighted by molar-refractivity contribution is 0.0739. The minimum Gasteiger partial charge on any atom is -0.337 e. The van der Waals surface area contributed by atoms with Gasteiger partial charge in [-0.2, -0.15) is 5.10 Å². The minimum atomic E-state index is 0.0566. The Morgan fingerprint density at radius 2 is 2.04 bits per heavy atom. The van der Waals surface area contributed by atoms with Crippen molar-refractivity contribution >= 4 is 16.8 Å². The molecular formula is C22H27N5O. The summed E-state index contributed by atoms with van der Waals surface area (Å²) >= 11 is 0. The molecule has 6 nitrogen and oxygen atoms in total. The van der Waals surface area contributed by atoms with Crippen molar-refractivity contribution in [2.24, 2.45) is 7.05 Å². The Morgan fingerprint density at radius 3 is 2.68 bits per heavy atom. The van der Waals surface area contributed by atoms with Crippen LogP contribution in [0.3, 0.4) is 0 Å². The summed E-state index contributed by atoms with van der Waals surface area (Å²) in [6.07, 6.45) is 4.74. The molecule has 0 spiro atoms. The molecule has 1 aliphatic rings. The lowest BCUT2D eigenvalue weighted by atomic mass is 9.99. The van der Waals surface area contributed by atoms with Crippen molar-refractivity contribution in [2.45, 2.75) is 26.3 Å². The summed E-state index contributed by atoms with van der Waals surface area (Å²) in [5.41, 5.74) is 5.59. The predicted octanol–water partition coefficient (Wildman–Crippen LogP) is 3.03. The number of likely N-dealkylation sites (N-methyl/N-ethyl adjacent to an activating group) is 2. The highest BCUT2D eigenvalue weighted by Crippen LogP contribution is 2.29. The molecule has 0 aliphatic carbocycles. The van der Waals surface area contributed by atoms with E-state index >= 15 is 0 Å². The molecule has 0 saturated carbocycles. The Balaban J connectivity index is 1.86. The molecule has 0 N–H and O–H groups in total. The molecule has 0 radical (unpaired) electrons. The number of rotatable bonds is 3. The zero-order valence-electron chi connectivity index (χ0n) is 17.2. The number of carbonyl (C=O) groups excluding carboxylic acids is 1. The van der Waals surface area contributed by atoms with Crippen LogP contribution < -0.4 is 0 Å². The van der Waals surface area contributed by atoms with Crippen LogP contribution in [0.5, 0.6) is 0 Å². The molecule has 1 aliphatic heterocycles. The Labute approximate surface area is 165 Å². The number of fused-ring (bicyclic) bond motifs is 1. The highest BCUT2D eigenvalue weighted by Gasteiger charge is 2.28. The average molecular weight is 377 g/mol. The van der Waals surface area contributed by atoms with E-state index in [-0.39, 0.29) is 11.9 Å². The lowest BCUT2D eigenvalue weighted by Gasteiger charge is -2.25. The van der Waals surface area contributed by atoms with Gasteiger partial charge in [0.15, 0.2) is 0 Å². The van der Waals surface area contributed by atoms with Crippen LogP contribution in [0.1, 0.15) is 27.9 Å². The monoisotopic (exact) mass is 377 g/mol. The van der Waals surface area contributed by atoms with Crippen LogP contribution in [0.4, 0.5) is 0 Å². The van der Waals surface area contributed by atoms with Crippen molar-refractivity contribution in [3.05, 3.63) is 47.3 Å². The lowest BCUT2D eigenvalue weighted by Crippen LogP contribution is -2.38. The highest BCUT2D eigenvalue weighted by molar-refractivity contribution is 6.08. The fourth-order valence-corrected chi connectivity index (χ4v) is 3.99. The summed E-state index contributed by atoms with van der Waals surface area (Å²) in [6, 6.07) is 6.27. The van der Waals surface area contributed by atoms with Gasteiger partial charge in [-0.15, -0.1) is 0 Å². The summed E-state index contributed by atoms with van der Waals surface area (Å²) in [5.74, 6) is 0.0566. The molecule has 2 aromatic heterocycles. The number of likely N-dealkylation sites (tertiary alicyclic amines) is 1. The van der Waals surface area contributed by atoms with Gasteiger partial charge in [0.05, 0.1) is 23.0 Å². The van der Waals surface area contributed by atoms with Gasteiger partial charge in [-0.1, -0.05) is 12.1 Å². The normalized spacial score (nSPS) is 17.4. The van der Waals surface area contributed by atoms with E-state index in [1.165, 1.54) is 5.56 Å². The van der Waals surface area contributed by atoms with Crippen LogP contribution in [-0.2, 0) is 7.05 Å². The van der Waals surface area contributed by atoms with Crippen LogP contribution >= 0.6 is 0 Å². The average Bonchev–Trinajstić information content (AvgIpc) is 3.31. The highest BCUT2D eigenvalue weighted by atomic mass is 16.2. The number of benzene rings is 1. The number of amides is 1. The zero-order chi connectivity index (χ0) is 20.0. The fraction of sp³-hybridized carbons (Fsp3) is 0.409. The third-order valence-electron chi connectivity index (χ3n) is 5.97. The predicted molar refractivity (Wildman–Crippen MR) is 111 cm³/mol. The van der Waals surface area contributed by atoms with Crippen molar-refractivity contribution in [3.63, 3.8) is 0 Å². The Morgan fingerprint density at radius 1 is 1.25 bits per heavy atom. The van der Waals surface area contributed by atoms with Gasteiger partial charge < -0.3 is 9.80 Å².